The second kappa shape index (κ2) is 7.67. The lowest BCUT2D eigenvalue weighted by molar-refractivity contribution is -0.127. The summed E-state index contributed by atoms with van der Waals surface area (Å²) in [5.41, 5.74) is 2.06. The first kappa shape index (κ1) is 19.1. The molecule has 1 amide bonds. The van der Waals surface area contributed by atoms with Gasteiger partial charge in [0.2, 0.25) is 0 Å². The van der Waals surface area contributed by atoms with Crippen molar-refractivity contribution < 1.29 is 14.0 Å². The number of carbonyl (C=O) groups excluding carboxylic acids is 2. The molecule has 0 unspecified atom stereocenters. The van der Waals surface area contributed by atoms with Gasteiger partial charge >= 0.3 is 0 Å². The number of fused-ring (bicyclic) bond motifs is 1. The molecule has 0 bridgehead atoms. The highest BCUT2D eigenvalue weighted by molar-refractivity contribution is 6.45. The predicted octanol–water partition coefficient (Wildman–Crippen LogP) is 3.35. The molecule has 1 aliphatic heterocycles. The second-order valence-corrected chi connectivity index (χ2v) is 7.13. The number of hydrogen-bond donors (Lipinski definition) is 1. The standard InChI is InChI=1S/C21H18ClFN4O2/c1-13(14-5-3-2-4-6-14)26-7-9-27(10-8-26)21(29)19(28)15-11-24-18-17(15)16(23)12-25-20(18)22/h2-6,11-12,24H,1,7-10H2. The van der Waals surface area contributed by atoms with Gasteiger partial charge in [-0.15, -0.1) is 0 Å². The largest absolute Gasteiger partial charge is 0.368 e. The Hall–Kier alpha value is -3.19. The first-order valence-corrected chi connectivity index (χ1v) is 9.49. The van der Waals surface area contributed by atoms with Crippen molar-refractivity contribution in [1.82, 2.24) is 19.8 Å². The van der Waals surface area contributed by atoms with Crippen LogP contribution in [0.1, 0.15) is 15.9 Å². The third-order valence-electron chi connectivity index (χ3n) is 5.11. The summed E-state index contributed by atoms with van der Waals surface area (Å²) >= 11 is 5.94. The molecule has 3 aromatic rings. The molecule has 1 N–H and O–H groups in total. The average Bonchev–Trinajstić information content (AvgIpc) is 3.22. The Bertz CT molecular complexity index is 1100. The molecule has 2 aromatic heterocycles. The number of Topliss-reactive ketones (excluding diaryl/α,β-unsaturated/α-hetero) is 1. The van der Waals surface area contributed by atoms with Crippen LogP contribution in [0.5, 0.6) is 0 Å². The monoisotopic (exact) mass is 412 g/mol. The number of ketones is 1. The number of halogens is 2. The number of nitrogens with one attached hydrogen (secondary N) is 1. The average molecular weight is 413 g/mol. The van der Waals surface area contributed by atoms with Crippen LogP contribution >= 0.6 is 11.6 Å². The van der Waals surface area contributed by atoms with Crippen LogP contribution in [0, 0.1) is 5.82 Å². The number of pyridine rings is 1. The molecule has 0 saturated carbocycles. The summed E-state index contributed by atoms with van der Waals surface area (Å²) in [6.07, 6.45) is 2.24. The van der Waals surface area contributed by atoms with Crippen molar-refractivity contribution in [3.63, 3.8) is 0 Å². The molecule has 3 heterocycles. The van der Waals surface area contributed by atoms with E-state index in [0.29, 0.717) is 26.2 Å². The number of benzene rings is 1. The van der Waals surface area contributed by atoms with Crippen LogP contribution < -0.4 is 0 Å². The number of carbonyl (C=O) groups is 2. The minimum absolute atomic E-state index is 0.0144. The van der Waals surface area contributed by atoms with Gasteiger partial charge in [-0.1, -0.05) is 48.5 Å². The molecule has 8 heteroatoms. The third kappa shape index (κ3) is 3.49. The molecule has 0 aliphatic carbocycles. The minimum Gasteiger partial charge on any atom is -0.368 e. The topological polar surface area (TPSA) is 69.3 Å². The Morgan fingerprint density at radius 3 is 2.45 bits per heavy atom. The summed E-state index contributed by atoms with van der Waals surface area (Å²) in [5.74, 6) is -2.14. The van der Waals surface area contributed by atoms with E-state index >= 15 is 0 Å². The Morgan fingerprint density at radius 1 is 1.10 bits per heavy atom. The number of H-pyrrole nitrogens is 1. The first-order valence-electron chi connectivity index (χ1n) is 9.11. The molecule has 0 atom stereocenters. The first-order chi connectivity index (χ1) is 14.0. The van der Waals surface area contributed by atoms with E-state index in [1.54, 1.807) is 0 Å². The molecule has 1 aliphatic rings. The van der Waals surface area contributed by atoms with Crippen molar-refractivity contribution >= 4 is 39.9 Å². The van der Waals surface area contributed by atoms with Crippen molar-refractivity contribution in [3.8, 4) is 0 Å². The van der Waals surface area contributed by atoms with E-state index < -0.39 is 17.5 Å². The Labute approximate surface area is 171 Å². The molecule has 0 radical (unpaired) electrons. The molecule has 4 rings (SSSR count). The summed E-state index contributed by atoms with van der Waals surface area (Å²) in [6.45, 7) is 6.02. The Morgan fingerprint density at radius 2 is 1.76 bits per heavy atom. The molecule has 1 fully saturated rings. The van der Waals surface area contributed by atoms with Crippen molar-refractivity contribution in [3.05, 3.63) is 71.4 Å². The maximum atomic E-state index is 14.2. The van der Waals surface area contributed by atoms with E-state index in [0.717, 1.165) is 17.5 Å². The van der Waals surface area contributed by atoms with Crippen LogP contribution in [-0.2, 0) is 4.79 Å². The number of nitrogens with zero attached hydrogens (tertiary/aromatic N) is 3. The van der Waals surface area contributed by atoms with E-state index in [1.807, 2.05) is 30.3 Å². The zero-order chi connectivity index (χ0) is 20.5. The van der Waals surface area contributed by atoms with Crippen LogP contribution in [0.15, 0.2) is 49.3 Å². The van der Waals surface area contributed by atoms with E-state index in [4.69, 9.17) is 11.6 Å². The fourth-order valence-electron chi connectivity index (χ4n) is 3.51. The number of piperazine rings is 1. The molecule has 0 spiro atoms. The summed E-state index contributed by atoms with van der Waals surface area (Å²) in [5, 5.41) is 0.0281. The normalized spacial score (nSPS) is 14.3. The molecule has 29 heavy (non-hydrogen) atoms. The maximum Gasteiger partial charge on any atom is 0.295 e. The highest BCUT2D eigenvalue weighted by Crippen LogP contribution is 2.27. The predicted molar refractivity (Wildman–Crippen MR) is 109 cm³/mol. The number of rotatable bonds is 4. The van der Waals surface area contributed by atoms with E-state index in [2.05, 4.69) is 21.4 Å². The quantitative estimate of drug-likeness (QED) is 0.405. The highest BCUT2D eigenvalue weighted by Gasteiger charge is 2.30. The van der Waals surface area contributed by atoms with Gasteiger partial charge in [-0.3, -0.25) is 9.59 Å². The lowest BCUT2D eigenvalue weighted by Crippen LogP contribution is -2.49. The molecule has 148 valence electrons. The number of aromatic amines is 1. The lowest BCUT2D eigenvalue weighted by atomic mass is 10.1. The zero-order valence-corrected chi connectivity index (χ0v) is 16.2. The number of amides is 1. The summed E-state index contributed by atoms with van der Waals surface area (Å²) in [7, 11) is 0. The van der Waals surface area contributed by atoms with Crippen LogP contribution in [0.25, 0.3) is 16.6 Å². The second-order valence-electron chi connectivity index (χ2n) is 6.77. The summed E-state index contributed by atoms with van der Waals surface area (Å²) in [6, 6.07) is 9.79. The van der Waals surface area contributed by atoms with Gasteiger partial charge < -0.3 is 14.8 Å². The van der Waals surface area contributed by atoms with Gasteiger partial charge in [0.15, 0.2) is 11.0 Å². The van der Waals surface area contributed by atoms with Gasteiger partial charge in [-0.05, 0) is 5.56 Å². The van der Waals surface area contributed by atoms with Crippen molar-refractivity contribution in [2.45, 2.75) is 0 Å². The minimum atomic E-state index is -0.771. The van der Waals surface area contributed by atoms with Crippen LogP contribution in [0.2, 0.25) is 5.15 Å². The molecular formula is C21H18ClFN4O2. The van der Waals surface area contributed by atoms with Gasteiger partial charge in [0.25, 0.3) is 11.7 Å². The lowest BCUT2D eigenvalue weighted by Gasteiger charge is -2.36. The SMILES string of the molecule is C=C(c1ccccc1)N1CCN(C(=O)C(=O)c2c[nH]c3c(Cl)ncc(F)c23)CC1. The van der Waals surface area contributed by atoms with Crippen molar-refractivity contribution in [2.24, 2.45) is 0 Å². The van der Waals surface area contributed by atoms with Crippen LogP contribution in [-0.4, -0.2) is 57.6 Å². The van der Waals surface area contributed by atoms with Gasteiger partial charge in [0, 0.05) is 38.1 Å². The Balaban J connectivity index is 1.47. The molecule has 6 nitrogen and oxygen atoms in total. The zero-order valence-electron chi connectivity index (χ0n) is 15.5. The van der Waals surface area contributed by atoms with Gasteiger partial charge in [0.1, 0.15) is 0 Å². The number of hydrogen-bond acceptors (Lipinski definition) is 4. The van der Waals surface area contributed by atoms with Crippen LogP contribution in [0.4, 0.5) is 4.39 Å². The van der Waals surface area contributed by atoms with E-state index in [1.165, 1.54) is 11.1 Å². The van der Waals surface area contributed by atoms with Gasteiger partial charge in [-0.2, -0.15) is 0 Å². The van der Waals surface area contributed by atoms with Crippen molar-refractivity contribution in [1.29, 1.82) is 0 Å². The van der Waals surface area contributed by atoms with E-state index in [9.17, 15) is 14.0 Å². The fourth-order valence-corrected chi connectivity index (χ4v) is 3.70. The van der Waals surface area contributed by atoms with Crippen LogP contribution in [0.3, 0.4) is 0 Å². The molecule has 1 aromatic carbocycles. The Kier molecular flexibility index (Phi) is 5.07. The highest BCUT2D eigenvalue weighted by atomic mass is 35.5. The third-order valence-corrected chi connectivity index (χ3v) is 5.40. The van der Waals surface area contributed by atoms with Crippen molar-refractivity contribution in [2.75, 3.05) is 26.2 Å². The smallest absolute Gasteiger partial charge is 0.295 e. The van der Waals surface area contributed by atoms with Gasteiger partial charge in [-0.25, -0.2) is 9.37 Å². The summed E-state index contributed by atoms with van der Waals surface area (Å²) in [4.78, 5) is 35.5. The molecule has 1 saturated heterocycles. The fraction of sp³-hybridized carbons (Fsp3) is 0.190. The number of aromatic nitrogens is 2. The maximum absolute atomic E-state index is 14.2. The summed E-state index contributed by atoms with van der Waals surface area (Å²) < 4.78 is 14.2. The van der Waals surface area contributed by atoms with E-state index in [-0.39, 0.29) is 21.6 Å². The molecular weight excluding hydrogens is 395 g/mol. The van der Waals surface area contributed by atoms with Gasteiger partial charge in [0.05, 0.1) is 22.7 Å².